The average molecular weight is 284 g/mol. The highest BCUT2D eigenvalue weighted by atomic mass is 32.2. The Hall–Kier alpha value is -1.46. The largest absolute Gasteiger partial charge is 0.382 e. The van der Waals surface area contributed by atoms with Crippen molar-refractivity contribution in [3.63, 3.8) is 0 Å². The molecule has 0 aliphatic carbocycles. The molecule has 0 heterocycles. The Morgan fingerprint density at radius 2 is 2.05 bits per heavy atom. The van der Waals surface area contributed by atoms with Crippen LogP contribution in [0.1, 0.15) is 5.56 Å². The zero-order chi connectivity index (χ0) is 14.3. The van der Waals surface area contributed by atoms with E-state index in [1.54, 1.807) is 12.1 Å². The van der Waals surface area contributed by atoms with E-state index in [2.05, 4.69) is 4.72 Å². The number of rotatable bonds is 7. The van der Waals surface area contributed by atoms with E-state index in [4.69, 9.17) is 14.7 Å². The van der Waals surface area contributed by atoms with Gasteiger partial charge in [-0.3, -0.25) is 0 Å². The van der Waals surface area contributed by atoms with Gasteiger partial charge >= 0.3 is 0 Å². The van der Waals surface area contributed by atoms with Gasteiger partial charge in [0.25, 0.3) is 0 Å². The number of benzene rings is 1. The molecule has 7 heteroatoms. The predicted octanol–water partition coefficient (Wildman–Crippen LogP) is 0.498. The highest BCUT2D eigenvalue weighted by molar-refractivity contribution is 7.89. The molecule has 0 spiro atoms. The van der Waals surface area contributed by atoms with Gasteiger partial charge in [-0.25, -0.2) is 13.1 Å². The van der Waals surface area contributed by atoms with Crippen molar-refractivity contribution >= 4 is 10.0 Å². The summed E-state index contributed by atoms with van der Waals surface area (Å²) in [6.45, 7) is 0.353. The first kappa shape index (κ1) is 15.6. The minimum atomic E-state index is -3.73. The van der Waals surface area contributed by atoms with Crippen LogP contribution in [0.15, 0.2) is 29.2 Å². The predicted molar refractivity (Wildman–Crippen MR) is 69.0 cm³/mol. The molecule has 0 saturated carbocycles. The van der Waals surface area contributed by atoms with Crippen LogP contribution in [-0.2, 0) is 19.5 Å². The number of hydrogen-bond acceptors (Lipinski definition) is 5. The van der Waals surface area contributed by atoms with Crippen molar-refractivity contribution in [2.45, 2.75) is 11.0 Å². The van der Waals surface area contributed by atoms with Gasteiger partial charge in [-0.2, -0.15) is 5.26 Å². The molecule has 1 N–H and O–H groups in total. The van der Waals surface area contributed by atoms with Gasteiger partial charge in [0.2, 0.25) is 10.0 Å². The quantitative estimate of drug-likeness (QED) is 0.787. The van der Waals surface area contributed by atoms with E-state index < -0.39 is 10.0 Å². The van der Waals surface area contributed by atoms with Crippen LogP contribution in [0.4, 0.5) is 0 Å². The lowest BCUT2D eigenvalue weighted by Gasteiger charge is -2.15. The van der Waals surface area contributed by atoms with Crippen LogP contribution in [0.5, 0.6) is 0 Å². The van der Waals surface area contributed by atoms with Gasteiger partial charge in [-0.05, 0) is 12.1 Å². The third-order valence-electron chi connectivity index (χ3n) is 2.48. The summed E-state index contributed by atoms with van der Waals surface area (Å²) < 4.78 is 36.5. The van der Waals surface area contributed by atoms with E-state index in [-0.39, 0.29) is 29.7 Å². The van der Waals surface area contributed by atoms with Crippen molar-refractivity contribution < 1.29 is 17.9 Å². The Kier molecular flexibility index (Phi) is 5.92. The number of hydrogen-bond donors (Lipinski definition) is 1. The van der Waals surface area contributed by atoms with E-state index in [0.29, 0.717) is 0 Å². The average Bonchev–Trinajstić information content (AvgIpc) is 2.43. The van der Waals surface area contributed by atoms with Gasteiger partial charge in [0.15, 0.2) is 0 Å². The van der Waals surface area contributed by atoms with E-state index in [9.17, 15) is 8.42 Å². The zero-order valence-electron chi connectivity index (χ0n) is 10.8. The Bertz CT molecular complexity index is 551. The number of sulfonamides is 1. The van der Waals surface area contributed by atoms with Crippen LogP contribution in [0.2, 0.25) is 0 Å². The smallest absolute Gasteiger partial charge is 0.241 e. The van der Waals surface area contributed by atoms with Crippen molar-refractivity contribution in [2.75, 3.05) is 27.4 Å². The molecule has 6 nitrogen and oxygen atoms in total. The van der Waals surface area contributed by atoms with Crippen molar-refractivity contribution in [2.24, 2.45) is 0 Å². The van der Waals surface area contributed by atoms with Crippen LogP contribution in [0, 0.1) is 11.3 Å². The fraction of sp³-hybridized carbons (Fsp3) is 0.417. The summed E-state index contributed by atoms with van der Waals surface area (Å²) in [6.07, 6.45) is -0.381. The van der Waals surface area contributed by atoms with E-state index >= 15 is 0 Å². The SMILES string of the molecule is COCC(CNS(=O)(=O)c1ccccc1C#N)OC. The van der Waals surface area contributed by atoms with Gasteiger partial charge in [0, 0.05) is 20.8 Å². The third kappa shape index (κ3) is 4.29. The second kappa shape index (κ2) is 7.21. The molecule has 0 bridgehead atoms. The van der Waals surface area contributed by atoms with Crippen molar-refractivity contribution in [1.29, 1.82) is 5.26 Å². The van der Waals surface area contributed by atoms with Crippen molar-refractivity contribution in [1.82, 2.24) is 4.72 Å². The Morgan fingerprint density at radius 1 is 1.37 bits per heavy atom. The molecule has 0 amide bonds. The standard InChI is InChI=1S/C12H16N2O4S/c1-17-9-11(18-2)8-14-19(15,16)12-6-4-3-5-10(12)7-13/h3-6,11,14H,8-9H2,1-2H3. The molecule has 1 unspecified atom stereocenters. The Morgan fingerprint density at radius 3 is 2.63 bits per heavy atom. The van der Waals surface area contributed by atoms with Gasteiger partial charge in [-0.1, -0.05) is 12.1 Å². The summed E-state index contributed by atoms with van der Waals surface area (Å²) in [4.78, 5) is -0.0373. The van der Waals surface area contributed by atoms with E-state index in [0.717, 1.165) is 0 Å². The first-order valence-electron chi connectivity index (χ1n) is 5.55. The first-order chi connectivity index (χ1) is 9.05. The van der Waals surface area contributed by atoms with Gasteiger partial charge in [0.05, 0.1) is 23.2 Å². The number of methoxy groups -OCH3 is 2. The lowest BCUT2D eigenvalue weighted by molar-refractivity contribution is 0.0320. The lowest BCUT2D eigenvalue weighted by atomic mass is 10.2. The molecule has 1 aromatic rings. The topological polar surface area (TPSA) is 88.4 Å². The molecule has 0 radical (unpaired) electrons. The normalized spacial score (nSPS) is 12.9. The second-order valence-corrected chi connectivity index (χ2v) is 5.51. The van der Waals surface area contributed by atoms with Crippen LogP contribution in [0.3, 0.4) is 0 Å². The highest BCUT2D eigenvalue weighted by Crippen LogP contribution is 2.13. The molecular weight excluding hydrogens is 268 g/mol. The fourth-order valence-corrected chi connectivity index (χ4v) is 2.69. The van der Waals surface area contributed by atoms with Crippen molar-refractivity contribution in [3.8, 4) is 6.07 Å². The summed E-state index contributed by atoms with van der Waals surface area (Å²) in [6, 6.07) is 7.88. The summed E-state index contributed by atoms with van der Waals surface area (Å²) in [5.41, 5.74) is 0.107. The molecule has 1 aromatic carbocycles. The highest BCUT2D eigenvalue weighted by Gasteiger charge is 2.19. The molecule has 1 rings (SSSR count). The summed E-state index contributed by atoms with van der Waals surface area (Å²) >= 11 is 0. The number of ether oxygens (including phenoxy) is 2. The van der Waals surface area contributed by atoms with Crippen LogP contribution in [0.25, 0.3) is 0 Å². The van der Waals surface area contributed by atoms with Crippen LogP contribution in [-0.4, -0.2) is 41.9 Å². The second-order valence-electron chi connectivity index (χ2n) is 3.77. The number of nitrogens with zero attached hydrogens (tertiary/aromatic N) is 1. The van der Waals surface area contributed by atoms with Gasteiger partial charge in [0.1, 0.15) is 6.07 Å². The third-order valence-corrected chi connectivity index (χ3v) is 3.97. The Balaban J connectivity index is 2.85. The molecule has 0 aliphatic heterocycles. The number of nitriles is 1. The summed E-state index contributed by atoms with van der Waals surface area (Å²) in [7, 11) is -0.756. The molecule has 104 valence electrons. The Labute approximate surface area is 113 Å². The number of nitrogens with one attached hydrogen (secondary N) is 1. The molecular formula is C12H16N2O4S. The molecule has 0 aliphatic rings. The maximum absolute atomic E-state index is 12.1. The zero-order valence-corrected chi connectivity index (χ0v) is 11.6. The molecule has 0 saturated heterocycles. The first-order valence-corrected chi connectivity index (χ1v) is 7.04. The van der Waals surface area contributed by atoms with Crippen LogP contribution < -0.4 is 4.72 Å². The van der Waals surface area contributed by atoms with E-state index in [1.165, 1.54) is 26.4 Å². The van der Waals surface area contributed by atoms with Crippen molar-refractivity contribution in [3.05, 3.63) is 29.8 Å². The monoisotopic (exact) mass is 284 g/mol. The molecule has 0 aromatic heterocycles. The molecule has 1 atom stereocenters. The molecule has 0 fully saturated rings. The minimum Gasteiger partial charge on any atom is -0.382 e. The van der Waals surface area contributed by atoms with Gasteiger partial charge < -0.3 is 9.47 Å². The fourth-order valence-electron chi connectivity index (χ4n) is 1.47. The summed E-state index contributed by atoms with van der Waals surface area (Å²) in [5, 5.41) is 8.90. The van der Waals surface area contributed by atoms with Crippen LogP contribution >= 0.6 is 0 Å². The maximum Gasteiger partial charge on any atom is 0.241 e. The molecule has 19 heavy (non-hydrogen) atoms. The van der Waals surface area contributed by atoms with Gasteiger partial charge in [-0.15, -0.1) is 0 Å². The summed E-state index contributed by atoms with van der Waals surface area (Å²) in [5.74, 6) is 0. The minimum absolute atomic E-state index is 0.0373. The lowest BCUT2D eigenvalue weighted by Crippen LogP contribution is -2.35. The van der Waals surface area contributed by atoms with E-state index in [1.807, 2.05) is 6.07 Å². The maximum atomic E-state index is 12.1.